The van der Waals surface area contributed by atoms with Gasteiger partial charge in [-0.05, 0) is 26.0 Å². The van der Waals surface area contributed by atoms with Crippen LogP contribution in [-0.2, 0) is 10.0 Å². The second-order valence-electron chi connectivity index (χ2n) is 4.36. The van der Waals surface area contributed by atoms with E-state index in [1.54, 1.807) is 0 Å². The average Bonchev–Trinajstić information content (AvgIpc) is 2.74. The van der Waals surface area contributed by atoms with E-state index in [4.69, 9.17) is 14.7 Å². The highest BCUT2D eigenvalue weighted by Crippen LogP contribution is 2.33. The Bertz CT molecular complexity index is 616. The van der Waals surface area contributed by atoms with Crippen molar-refractivity contribution in [1.29, 1.82) is 5.26 Å². The van der Waals surface area contributed by atoms with Crippen molar-refractivity contribution in [2.24, 2.45) is 0 Å². The van der Waals surface area contributed by atoms with Gasteiger partial charge >= 0.3 is 0 Å². The van der Waals surface area contributed by atoms with Crippen LogP contribution in [0.5, 0.6) is 11.5 Å². The second kappa shape index (κ2) is 4.15. The Morgan fingerprint density at radius 3 is 2.67 bits per heavy atom. The van der Waals surface area contributed by atoms with Crippen LogP contribution in [-0.4, -0.2) is 20.7 Å². The maximum atomic E-state index is 12.0. The third kappa shape index (κ3) is 2.39. The van der Waals surface area contributed by atoms with Gasteiger partial charge in [0, 0.05) is 6.07 Å². The lowest BCUT2D eigenvalue weighted by molar-refractivity contribution is 0.174. The van der Waals surface area contributed by atoms with Crippen molar-refractivity contribution in [3.05, 3.63) is 18.2 Å². The lowest BCUT2D eigenvalue weighted by Gasteiger charge is -2.17. The zero-order valence-electron chi connectivity index (χ0n) is 9.93. The molecule has 96 valence electrons. The molecule has 1 aliphatic rings. The maximum absolute atomic E-state index is 12.0. The Kier molecular flexibility index (Phi) is 2.92. The molecule has 0 saturated carbocycles. The van der Waals surface area contributed by atoms with Crippen LogP contribution < -0.4 is 14.2 Å². The highest BCUT2D eigenvalue weighted by Gasteiger charge is 2.27. The molecule has 0 amide bonds. The zero-order chi connectivity index (χ0) is 13.4. The predicted molar refractivity (Wildman–Crippen MR) is 62.6 cm³/mol. The summed E-state index contributed by atoms with van der Waals surface area (Å²) in [6, 6.07) is 6.18. The molecular weight excluding hydrogens is 256 g/mol. The van der Waals surface area contributed by atoms with Gasteiger partial charge < -0.3 is 9.47 Å². The van der Waals surface area contributed by atoms with Crippen molar-refractivity contribution < 1.29 is 17.9 Å². The lowest BCUT2D eigenvalue weighted by atomic mass is 10.1. The van der Waals surface area contributed by atoms with Crippen LogP contribution in [0.4, 0.5) is 0 Å². The first kappa shape index (κ1) is 12.7. The maximum Gasteiger partial charge on any atom is 0.242 e. The van der Waals surface area contributed by atoms with Crippen LogP contribution >= 0.6 is 0 Å². The fraction of sp³-hybridized carbons (Fsp3) is 0.364. The molecule has 0 spiro atoms. The molecule has 1 N–H and O–H groups in total. The molecule has 0 unspecified atom stereocenters. The summed E-state index contributed by atoms with van der Waals surface area (Å²) in [7, 11) is -3.76. The molecule has 0 aromatic heterocycles. The smallest absolute Gasteiger partial charge is 0.242 e. The number of rotatable bonds is 3. The minimum Gasteiger partial charge on any atom is -0.454 e. The van der Waals surface area contributed by atoms with Gasteiger partial charge in [0.25, 0.3) is 0 Å². The molecule has 0 aliphatic carbocycles. The van der Waals surface area contributed by atoms with Gasteiger partial charge in [-0.2, -0.15) is 9.98 Å². The summed E-state index contributed by atoms with van der Waals surface area (Å²) in [4.78, 5) is 0.0371. The van der Waals surface area contributed by atoms with Crippen molar-refractivity contribution in [2.45, 2.75) is 24.3 Å². The first-order valence-electron chi connectivity index (χ1n) is 5.19. The highest BCUT2D eigenvalue weighted by atomic mass is 32.2. The third-order valence-electron chi connectivity index (χ3n) is 2.32. The molecular formula is C11H12N2O4S. The van der Waals surface area contributed by atoms with Crippen molar-refractivity contribution in [3.8, 4) is 17.6 Å². The molecule has 0 bridgehead atoms. The Labute approximate surface area is 105 Å². The molecule has 1 heterocycles. The van der Waals surface area contributed by atoms with Crippen molar-refractivity contribution in [2.75, 3.05) is 6.79 Å². The first-order valence-corrected chi connectivity index (χ1v) is 6.67. The Morgan fingerprint density at radius 1 is 1.33 bits per heavy atom. The van der Waals surface area contributed by atoms with E-state index < -0.39 is 15.6 Å². The summed E-state index contributed by atoms with van der Waals surface area (Å²) in [5.74, 6) is 0.890. The van der Waals surface area contributed by atoms with Crippen LogP contribution in [0.25, 0.3) is 0 Å². The summed E-state index contributed by atoms with van der Waals surface area (Å²) in [5.41, 5.74) is -1.17. The zero-order valence-corrected chi connectivity index (χ0v) is 10.7. The van der Waals surface area contributed by atoms with Gasteiger partial charge in [-0.3, -0.25) is 0 Å². The summed E-state index contributed by atoms with van der Waals surface area (Å²) in [6.45, 7) is 3.05. The highest BCUT2D eigenvalue weighted by molar-refractivity contribution is 7.89. The molecule has 1 aromatic carbocycles. The van der Waals surface area contributed by atoms with Gasteiger partial charge in [-0.1, -0.05) is 0 Å². The molecule has 0 atom stereocenters. The van der Waals surface area contributed by atoms with Crippen LogP contribution in [0.1, 0.15) is 13.8 Å². The molecule has 6 nitrogen and oxygen atoms in total. The van der Waals surface area contributed by atoms with E-state index in [-0.39, 0.29) is 11.7 Å². The molecule has 7 heteroatoms. The average molecular weight is 268 g/mol. The van der Waals surface area contributed by atoms with E-state index >= 15 is 0 Å². The van der Waals surface area contributed by atoms with Gasteiger partial charge in [-0.25, -0.2) is 8.42 Å². The van der Waals surface area contributed by atoms with Gasteiger partial charge in [0.15, 0.2) is 11.5 Å². The SMILES string of the molecule is CC(C)(C#N)NS(=O)(=O)c1ccc2c(c1)OCO2. The number of nitrogens with one attached hydrogen (secondary N) is 1. The van der Waals surface area contributed by atoms with E-state index in [1.165, 1.54) is 32.0 Å². The standard InChI is InChI=1S/C11H12N2O4S/c1-11(2,6-12)13-18(14,15)8-3-4-9-10(5-8)17-7-16-9/h3-5,13H,7H2,1-2H3. The summed E-state index contributed by atoms with van der Waals surface area (Å²) < 4.78 is 36.6. The Balaban J connectivity index is 2.34. The Hall–Kier alpha value is -1.78. The minimum absolute atomic E-state index is 0.0371. The number of hydrogen-bond acceptors (Lipinski definition) is 5. The normalized spacial score (nSPS) is 14.3. The van der Waals surface area contributed by atoms with Crippen molar-refractivity contribution in [3.63, 3.8) is 0 Å². The van der Waals surface area contributed by atoms with Gasteiger partial charge in [-0.15, -0.1) is 0 Å². The summed E-state index contributed by atoms with van der Waals surface area (Å²) in [5, 5.41) is 8.84. The van der Waals surface area contributed by atoms with E-state index in [0.29, 0.717) is 11.5 Å². The molecule has 0 radical (unpaired) electrons. The van der Waals surface area contributed by atoms with Crippen LogP contribution in [0.15, 0.2) is 23.1 Å². The minimum atomic E-state index is -3.76. The summed E-state index contributed by atoms with van der Waals surface area (Å²) in [6.07, 6.45) is 0. The fourth-order valence-corrected chi connectivity index (χ4v) is 2.81. The first-order chi connectivity index (χ1) is 8.34. The molecule has 1 aliphatic heterocycles. The number of fused-ring (bicyclic) bond motifs is 1. The second-order valence-corrected chi connectivity index (χ2v) is 6.04. The van der Waals surface area contributed by atoms with Crippen LogP contribution in [0.3, 0.4) is 0 Å². The fourth-order valence-electron chi connectivity index (χ4n) is 1.46. The number of sulfonamides is 1. The van der Waals surface area contributed by atoms with E-state index in [2.05, 4.69) is 4.72 Å². The van der Waals surface area contributed by atoms with E-state index in [0.717, 1.165) is 0 Å². The lowest BCUT2D eigenvalue weighted by Crippen LogP contribution is -2.41. The number of nitrogens with zero attached hydrogens (tertiary/aromatic N) is 1. The largest absolute Gasteiger partial charge is 0.454 e. The van der Waals surface area contributed by atoms with E-state index in [1.807, 2.05) is 6.07 Å². The van der Waals surface area contributed by atoms with Crippen molar-refractivity contribution >= 4 is 10.0 Å². The monoisotopic (exact) mass is 268 g/mol. The van der Waals surface area contributed by atoms with Gasteiger partial charge in [0.1, 0.15) is 5.54 Å². The number of hydrogen-bond donors (Lipinski definition) is 1. The summed E-state index contributed by atoms with van der Waals surface area (Å²) >= 11 is 0. The van der Waals surface area contributed by atoms with Crippen LogP contribution in [0, 0.1) is 11.3 Å². The number of ether oxygens (including phenoxy) is 2. The quantitative estimate of drug-likeness (QED) is 0.883. The number of nitriles is 1. The van der Waals surface area contributed by atoms with Gasteiger partial charge in [0.05, 0.1) is 11.0 Å². The molecule has 2 rings (SSSR count). The van der Waals surface area contributed by atoms with Gasteiger partial charge in [0.2, 0.25) is 16.8 Å². The Morgan fingerprint density at radius 2 is 2.00 bits per heavy atom. The number of benzene rings is 1. The van der Waals surface area contributed by atoms with E-state index in [9.17, 15) is 8.42 Å². The van der Waals surface area contributed by atoms with Crippen LogP contribution in [0.2, 0.25) is 0 Å². The molecule has 1 aromatic rings. The molecule has 18 heavy (non-hydrogen) atoms. The molecule has 0 fully saturated rings. The molecule has 0 saturated heterocycles. The topological polar surface area (TPSA) is 88.4 Å². The third-order valence-corrected chi connectivity index (χ3v) is 3.98. The van der Waals surface area contributed by atoms with Crippen molar-refractivity contribution in [1.82, 2.24) is 4.72 Å². The predicted octanol–water partition coefficient (Wildman–Crippen LogP) is 0.996.